The van der Waals surface area contributed by atoms with Crippen LogP contribution in [0.2, 0.25) is 0 Å². The van der Waals surface area contributed by atoms with E-state index in [0.29, 0.717) is 25.7 Å². The van der Waals surface area contributed by atoms with Crippen LogP contribution < -0.4 is 5.32 Å². The lowest BCUT2D eigenvalue weighted by molar-refractivity contribution is -0.140. The summed E-state index contributed by atoms with van der Waals surface area (Å²) in [4.78, 5) is 27.1. The van der Waals surface area contributed by atoms with Crippen LogP contribution >= 0.6 is 0 Å². The fraction of sp³-hybridized carbons (Fsp3) is 0.533. The van der Waals surface area contributed by atoms with Gasteiger partial charge in [-0.15, -0.1) is 0 Å². The van der Waals surface area contributed by atoms with E-state index < -0.39 is 5.54 Å². The summed E-state index contributed by atoms with van der Waals surface area (Å²) in [6.07, 6.45) is 3.78. The molecule has 0 aliphatic rings. The van der Waals surface area contributed by atoms with Gasteiger partial charge in [0.25, 0.3) is 0 Å². The number of aromatic nitrogens is 1. The molecule has 0 atom stereocenters. The molecule has 0 bridgehead atoms. The molecule has 0 spiro atoms. The van der Waals surface area contributed by atoms with Crippen LogP contribution in [-0.2, 0) is 19.9 Å². The molecule has 0 unspecified atom stereocenters. The SMILES string of the molecule is COC(=O)CCCCC(=O)NC(C)(C)c1ccccn1. The van der Waals surface area contributed by atoms with E-state index in [2.05, 4.69) is 15.0 Å². The van der Waals surface area contributed by atoms with Crippen LogP contribution in [0.3, 0.4) is 0 Å². The van der Waals surface area contributed by atoms with E-state index in [1.54, 1.807) is 6.20 Å². The molecule has 1 N–H and O–H groups in total. The highest BCUT2D eigenvalue weighted by Crippen LogP contribution is 2.17. The van der Waals surface area contributed by atoms with Gasteiger partial charge in [0.2, 0.25) is 5.91 Å². The molecule has 0 saturated carbocycles. The number of hydrogen-bond acceptors (Lipinski definition) is 4. The van der Waals surface area contributed by atoms with Crippen LogP contribution in [0.15, 0.2) is 24.4 Å². The topological polar surface area (TPSA) is 68.3 Å². The molecule has 5 nitrogen and oxygen atoms in total. The third kappa shape index (κ3) is 5.38. The molecular formula is C15H22N2O3. The number of methoxy groups -OCH3 is 1. The fourth-order valence-electron chi connectivity index (χ4n) is 1.86. The second-order valence-electron chi connectivity index (χ2n) is 5.17. The van der Waals surface area contributed by atoms with Gasteiger partial charge in [-0.05, 0) is 38.8 Å². The lowest BCUT2D eigenvalue weighted by Gasteiger charge is -2.25. The van der Waals surface area contributed by atoms with E-state index in [-0.39, 0.29) is 11.9 Å². The third-order valence-corrected chi connectivity index (χ3v) is 3.02. The van der Waals surface area contributed by atoms with E-state index in [4.69, 9.17) is 0 Å². The summed E-state index contributed by atoms with van der Waals surface area (Å²) in [6.45, 7) is 3.84. The van der Waals surface area contributed by atoms with Gasteiger partial charge in [-0.2, -0.15) is 0 Å². The van der Waals surface area contributed by atoms with Crippen molar-refractivity contribution in [3.8, 4) is 0 Å². The quantitative estimate of drug-likeness (QED) is 0.613. The van der Waals surface area contributed by atoms with Crippen molar-refractivity contribution in [3.05, 3.63) is 30.1 Å². The van der Waals surface area contributed by atoms with Gasteiger partial charge in [0.15, 0.2) is 0 Å². The Labute approximate surface area is 119 Å². The average Bonchev–Trinajstić information content (AvgIpc) is 2.43. The summed E-state index contributed by atoms with van der Waals surface area (Å²) < 4.78 is 4.55. The van der Waals surface area contributed by atoms with Crippen molar-refractivity contribution in [1.82, 2.24) is 10.3 Å². The largest absolute Gasteiger partial charge is 0.469 e. The maximum Gasteiger partial charge on any atom is 0.305 e. The number of ether oxygens (including phenoxy) is 1. The van der Waals surface area contributed by atoms with Gasteiger partial charge >= 0.3 is 5.97 Å². The zero-order valence-electron chi connectivity index (χ0n) is 12.3. The normalized spacial score (nSPS) is 10.9. The third-order valence-electron chi connectivity index (χ3n) is 3.02. The number of pyridine rings is 1. The van der Waals surface area contributed by atoms with Crippen LogP contribution in [-0.4, -0.2) is 24.0 Å². The van der Waals surface area contributed by atoms with E-state index in [9.17, 15) is 9.59 Å². The van der Waals surface area contributed by atoms with Crippen molar-refractivity contribution in [1.29, 1.82) is 0 Å². The summed E-state index contributed by atoms with van der Waals surface area (Å²) in [7, 11) is 1.37. The number of rotatable bonds is 7. The van der Waals surface area contributed by atoms with Crippen LogP contribution in [0.4, 0.5) is 0 Å². The lowest BCUT2D eigenvalue weighted by atomic mass is 9.99. The van der Waals surface area contributed by atoms with E-state index in [1.807, 2.05) is 32.0 Å². The number of nitrogens with zero attached hydrogens (tertiary/aromatic N) is 1. The summed E-state index contributed by atoms with van der Waals surface area (Å²) >= 11 is 0. The molecule has 1 amide bonds. The Bertz CT molecular complexity index is 444. The zero-order valence-corrected chi connectivity index (χ0v) is 12.3. The maximum atomic E-state index is 11.9. The first-order valence-corrected chi connectivity index (χ1v) is 6.75. The summed E-state index contributed by atoms with van der Waals surface area (Å²) in [5, 5.41) is 2.96. The molecule has 0 aliphatic carbocycles. The highest BCUT2D eigenvalue weighted by Gasteiger charge is 2.23. The number of carbonyl (C=O) groups excluding carboxylic acids is 2. The van der Waals surface area contributed by atoms with Crippen molar-refractivity contribution in [2.75, 3.05) is 7.11 Å². The number of hydrogen-bond donors (Lipinski definition) is 1. The number of unbranched alkanes of at least 4 members (excludes halogenated alkanes) is 1. The molecule has 1 aromatic heterocycles. The van der Waals surface area contributed by atoms with E-state index >= 15 is 0 Å². The molecule has 1 rings (SSSR count). The summed E-state index contributed by atoms with van der Waals surface area (Å²) in [5.41, 5.74) is 0.323. The minimum Gasteiger partial charge on any atom is -0.469 e. The van der Waals surface area contributed by atoms with E-state index in [1.165, 1.54) is 7.11 Å². The molecule has 20 heavy (non-hydrogen) atoms. The van der Waals surface area contributed by atoms with Crippen LogP contribution in [0.5, 0.6) is 0 Å². The molecule has 110 valence electrons. The first-order valence-electron chi connectivity index (χ1n) is 6.75. The number of carbonyl (C=O) groups is 2. The number of amides is 1. The smallest absolute Gasteiger partial charge is 0.305 e. The molecule has 1 aromatic rings. The van der Waals surface area contributed by atoms with Crippen LogP contribution in [0.1, 0.15) is 45.2 Å². The predicted octanol–water partition coefficient (Wildman–Crippen LogP) is 2.17. The second kappa shape index (κ2) is 7.62. The fourth-order valence-corrected chi connectivity index (χ4v) is 1.86. The second-order valence-corrected chi connectivity index (χ2v) is 5.17. The van der Waals surface area contributed by atoms with Gasteiger partial charge in [0, 0.05) is 19.0 Å². The first-order chi connectivity index (χ1) is 9.45. The Kier molecular flexibility index (Phi) is 6.15. The molecule has 0 fully saturated rings. The van der Waals surface area contributed by atoms with Crippen molar-refractivity contribution >= 4 is 11.9 Å². The average molecular weight is 278 g/mol. The monoisotopic (exact) mass is 278 g/mol. The number of esters is 1. The molecule has 0 aromatic carbocycles. The minimum absolute atomic E-state index is 0.0366. The molecule has 0 saturated heterocycles. The minimum atomic E-state index is -0.499. The molecule has 1 heterocycles. The highest BCUT2D eigenvalue weighted by atomic mass is 16.5. The van der Waals surface area contributed by atoms with Gasteiger partial charge in [-0.1, -0.05) is 6.07 Å². The van der Waals surface area contributed by atoms with Crippen LogP contribution in [0, 0.1) is 0 Å². The maximum absolute atomic E-state index is 11.9. The Balaban J connectivity index is 2.36. The van der Waals surface area contributed by atoms with E-state index in [0.717, 1.165) is 5.69 Å². The van der Waals surface area contributed by atoms with Crippen molar-refractivity contribution in [3.63, 3.8) is 0 Å². The predicted molar refractivity (Wildman–Crippen MR) is 75.9 cm³/mol. The Morgan fingerprint density at radius 1 is 1.25 bits per heavy atom. The Morgan fingerprint density at radius 2 is 1.95 bits per heavy atom. The molecular weight excluding hydrogens is 256 g/mol. The molecule has 0 aliphatic heterocycles. The first kappa shape index (κ1) is 16.1. The van der Waals surface area contributed by atoms with Gasteiger partial charge in [-0.3, -0.25) is 14.6 Å². The molecule has 5 heteroatoms. The van der Waals surface area contributed by atoms with Crippen molar-refractivity contribution < 1.29 is 14.3 Å². The standard InChI is InChI=1S/C15H22N2O3/c1-15(2,12-8-6-7-11-16-12)17-13(18)9-4-5-10-14(19)20-3/h6-8,11H,4-5,9-10H2,1-3H3,(H,17,18). The Hall–Kier alpha value is -1.91. The van der Waals surface area contributed by atoms with Gasteiger partial charge in [-0.25, -0.2) is 0 Å². The van der Waals surface area contributed by atoms with Gasteiger partial charge in [0.1, 0.15) is 0 Å². The van der Waals surface area contributed by atoms with Gasteiger partial charge in [0.05, 0.1) is 18.3 Å². The molecule has 0 radical (unpaired) electrons. The van der Waals surface area contributed by atoms with Crippen molar-refractivity contribution in [2.24, 2.45) is 0 Å². The van der Waals surface area contributed by atoms with Crippen LogP contribution in [0.25, 0.3) is 0 Å². The highest BCUT2D eigenvalue weighted by molar-refractivity contribution is 5.77. The van der Waals surface area contributed by atoms with Crippen molar-refractivity contribution in [2.45, 2.75) is 45.1 Å². The lowest BCUT2D eigenvalue weighted by Crippen LogP contribution is -2.41. The summed E-state index contributed by atoms with van der Waals surface area (Å²) in [6, 6.07) is 5.62. The summed E-state index contributed by atoms with van der Waals surface area (Å²) in [5.74, 6) is -0.273. The number of nitrogens with one attached hydrogen (secondary N) is 1. The Morgan fingerprint density at radius 3 is 2.55 bits per heavy atom. The zero-order chi connectivity index (χ0) is 15.0. The van der Waals surface area contributed by atoms with Gasteiger partial charge < -0.3 is 10.1 Å².